The number of hydrogen-bond donors (Lipinski definition) is 1. The Bertz CT molecular complexity index is 511. The molecule has 0 unspecified atom stereocenters. The van der Waals surface area contributed by atoms with Crippen molar-refractivity contribution in [1.29, 1.82) is 0 Å². The molecule has 2 saturated heterocycles. The van der Waals surface area contributed by atoms with E-state index in [1.54, 1.807) is 0 Å². The van der Waals surface area contributed by atoms with Crippen LogP contribution >= 0.6 is 23.3 Å². The minimum absolute atomic E-state index is 0.0426. The molecule has 0 radical (unpaired) electrons. The molecule has 6 nitrogen and oxygen atoms in total. The van der Waals surface area contributed by atoms with E-state index in [2.05, 4.69) is 19.8 Å². The molecule has 3 rings (SSSR count). The van der Waals surface area contributed by atoms with Crippen LogP contribution in [0.15, 0.2) is 0 Å². The molecule has 2 fully saturated rings. The van der Waals surface area contributed by atoms with Gasteiger partial charge in [0.2, 0.25) is 0 Å². The van der Waals surface area contributed by atoms with Crippen molar-refractivity contribution in [3.63, 3.8) is 0 Å². The molecule has 8 heteroatoms. The SMILES string of the molecule is Cc1nnsc1C(=O)NCC1(N2CCSCC2)CCOCC1. The van der Waals surface area contributed by atoms with E-state index in [4.69, 9.17) is 4.74 Å². The predicted octanol–water partition coefficient (Wildman–Crippen LogP) is 1.17. The summed E-state index contributed by atoms with van der Waals surface area (Å²) in [7, 11) is 0. The molecule has 0 saturated carbocycles. The van der Waals surface area contributed by atoms with Gasteiger partial charge >= 0.3 is 0 Å². The van der Waals surface area contributed by atoms with Crippen molar-refractivity contribution in [2.75, 3.05) is 44.4 Å². The van der Waals surface area contributed by atoms with Crippen molar-refractivity contribution in [2.45, 2.75) is 25.3 Å². The number of amides is 1. The van der Waals surface area contributed by atoms with Crippen LogP contribution in [0.2, 0.25) is 0 Å². The number of carbonyl (C=O) groups excluding carboxylic acids is 1. The molecule has 3 heterocycles. The van der Waals surface area contributed by atoms with Gasteiger partial charge in [-0.05, 0) is 31.3 Å². The van der Waals surface area contributed by atoms with Crippen LogP contribution in [-0.2, 0) is 4.74 Å². The lowest BCUT2D eigenvalue weighted by atomic mass is 9.87. The number of aryl methyl sites for hydroxylation is 1. The van der Waals surface area contributed by atoms with E-state index in [-0.39, 0.29) is 11.4 Å². The average molecular weight is 342 g/mol. The van der Waals surface area contributed by atoms with Crippen molar-refractivity contribution in [1.82, 2.24) is 19.8 Å². The molecule has 2 aliphatic rings. The number of carbonyl (C=O) groups is 1. The Morgan fingerprint density at radius 2 is 2.09 bits per heavy atom. The molecule has 0 aromatic carbocycles. The lowest BCUT2D eigenvalue weighted by Crippen LogP contribution is -2.60. The zero-order valence-electron chi connectivity index (χ0n) is 12.8. The molecule has 1 aromatic heterocycles. The van der Waals surface area contributed by atoms with Gasteiger partial charge in [-0.25, -0.2) is 0 Å². The molecule has 2 aliphatic heterocycles. The van der Waals surface area contributed by atoms with Crippen LogP contribution in [0.1, 0.15) is 28.2 Å². The van der Waals surface area contributed by atoms with Gasteiger partial charge in [0.25, 0.3) is 5.91 Å². The molecule has 0 spiro atoms. The number of aromatic nitrogens is 2. The Labute approximate surface area is 139 Å². The summed E-state index contributed by atoms with van der Waals surface area (Å²) in [6.07, 6.45) is 1.97. The van der Waals surface area contributed by atoms with Crippen molar-refractivity contribution < 1.29 is 9.53 Å². The second-order valence-electron chi connectivity index (χ2n) is 5.81. The van der Waals surface area contributed by atoms with Crippen molar-refractivity contribution >= 4 is 29.2 Å². The van der Waals surface area contributed by atoms with Crippen molar-refractivity contribution in [2.24, 2.45) is 0 Å². The first kappa shape index (κ1) is 16.2. The van der Waals surface area contributed by atoms with E-state index in [1.807, 2.05) is 18.7 Å². The molecular weight excluding hydrogens is 320 g/mol. The zero-order valence-corrected chi connectivity index (χ0v) is 14.5. The lowest BCUT2D eigenvalue weighted by molar-refractivity contribution is -0.0237. The van der Waals surface area contributed by atoms with Gasteiger partial charge in [0.05, 0.1) is 5.69 Å². The zero-order chi connectivity index (χ0) is 15.4. The lowest BCUT2D eigenvalue weighted by Gasteiger charge is -2.48. The van der Waals surface area contributed by atoms with Crippen LogP contribution in [-0.4, -0.2) is 70.3 Å². The summed E-state index contributed by atoms with van der Waals surface area (Å²) in [5.41, 5.74) is 0.749. The third-order valence-corrected chi connectivity index (χ3v) is 6.31. The number of nitrogens with zero attached hydrogens (tertiary/aromatic N) is 3. The summed E-state index contributed by atoms with van der Waals surface area (Å²) in [6, 6.07) is 0. The summed E-state index contributed by atoms with van der Waals surface area (Å²) < 4.78 is 9.39. The molecular formula is C14H22N4O2S2. The molecule has 0 aliphatic carbocycles. The van der Waals surface area contributed by atoms with Crippen LogP contribution < -0.4 is 5.32 Å². The van der Waals surface area contributed by atoms with E-state index in [0.717, 1.165) is 50.7 Å². The molecule has 1 amide bonds. The van der Waals surface area contributed by atoms with E-state index in [9.17, 15) is 4.79 Å². The second kappa shape index (κ2) is 7.25. The fraction of sp³-hybridized carbons (Fsp3) is 0.786. The van der Waals surface area contributed by atoms with E-state index >= 15 is 0 Å². The molecule has 0 atom stereocenters. The fourth-order valence-electron chi connectivity index (χ4n) is 3.16. The van der Waals surface area contributed by atoms with Gasteiger partial charge in [-0.3, -0.25) is 9.69 Å². The maximum atomic E-state index is 12.4. The highest BCUT2D eigenvalue weighted by Gasteiger charge is 2.39. The Morgan fingerprint density at radius 1 is 1.36 bits per heavy atom. The first-order chi connectivity index (χ1) is 10.7. The summed E-state index contributed by atoms with van der Waals surface area (Å²) in [4.78, 5) is 15.5. The topological polar surface area (TPSA) is 67.4 Å². The van der Waals surface area contributed by atoms with Gasteiger partial charge in [-0.1, -0.05) is 4.49 Å². The number of hydrogen-bond acceptors (Lipinski definition) is 7. The number of nitrogens with one attached hydrogen (secondary N) is 1. The monoisotopic (exact) mass is 342 g/mol. The highest BCUT2D eigenvalue weighted by Crippen LogP contribution is 2.30. The molecule has 22 heavy (non-hydrogen) atoms. The van der Waals surface area contributed by atoms with Crippen molar-refractivity contribution in [3.05, 3.63) is 10.6 Å². The normalized spacial score (nSPS) is 22.4. The van der Waals surface area contributed by atoms with Crippen LogP contribution in [0.5, 0.6) is 0 Å². The minimum atomic E-state index is -0.0512. The summed E-state index contributed by atoms with van der Waals surface area (Å²) >= 11 is 3.17. The Kier molecular flexibility index (Phi) is 5.33. The maximum absolute atomic E-state index is 12.4. The largest absolute Gasteiger partial charge is 0.381 e. The number of ether oxygens (including phenoxy) is 1. The predicted molar refractivity (Wildman–Crippen MR) is 88.7 cm³/mol. The average Bonchev–Trinajstić information content (AvgIpc) is 3.00. The third-order valence-electron chi connectivity index (χ3n) is 4.54. The van der Waals surface area contributed by atoms with Crippen LogP contribution in [0, 0.1) is 6.92 Å². The first-order valence-corrected chi connectivity index (χ1v) is 9.62. The maximum Gasteiger partial charge on any atom is 0.265 e. The quantitative estimate of drug-likeness (QED) is 0.886. The number of thioether (sulfide) groups is 1. The van der Waals surface area contributed by atoms with Gasteiger partial charge in [0.1, 0.15) is 4.88 Å². The van der Waals surface area contributed by atoms with Gasteiger partial charge in [0, 0.05) is 49.9 Å². The van der Waals surface area contributed by atoms with Gasteiger partial charge < -0.3 is 10.1 Å². The Morgan fingerprint density at radius 3 is 2.73 bits per heavy atom. The van der Waals surface area contributed by atoms with Crippen LogP contribution in [0.3, 0.4) is 0 Å². The summed E-state index contributed by atoms with van der Waals surface area (Å²) in [5, 5.41) is 7.04. The Balaban J connectivity index is 1.67. The van der Waals surface area contributed by atoms with Gasteiger partial charge in [-0.15, -0.1) is 5.10 Å². The van der Waals surface area contributed by atoms with E-state index in [0.29, 0.717) is 17.1 Å². The summed E-state index contributed by atoms with van der Waals surface area (Å²) in [6.45, 7) is 6.26. The molecule has 1 aromatic rings. The van der Waals surface area contributed by atoms with Crippen LogP contribution in [0.25, 0.3) is 0 Å². The highest BCUT2D eigenvalue weighted by atomic mass is 32.2. The van der Waals surface area contributed by atoms with E-state index in [1.165, 1.54) is 11.5 Å². The molecule has 122 valence electrons. The second-order valence-corrected chi connectivity index (χ2v) is 7.79. The van der Waals surface area contributed by atoms with Gasteiger partial charge in [-0.2, -0.15) is 11.8 Å². The first-order valence-electron chi connectivity index (χ1n) is 7.69. The van der Waals surface area contributed by atoms with E-state index < -0.39 is 0 Å². The Hall–Kier alpha value is -0.700. The van der Waals surface area contributed by atoms with Gasteiger partial charge in [0.15, 0.2) is 0 Å². The third kappa shape index (κ3) is 3.45. The molecule has 0 bridgehead atoms. The fourth-order valence-corrected chi connectivity index (χ4v) is 4.63. The standard InChI is InChI=1S/C14H22N4O2S2/c1-11-12(22-17-16-11)13(19)15-10-14(2-6-20-7-3-14)18-4-8-21-9-5-18/h2-10H2,1H3,(H,15,19). The smallest absolute Gasteiger partial charge is 0.265 e. The highest BCUT2D eigenvalue weighted by molar-refractivity contribution is 7.99. The van der Waals surface area contributed by atoms with Crippen LogP contribution in [0.4, 0.5) is 0 Å². The number of rotatable bonds is 4. The molecule has 1 N–H and O–H groups in total. The summed E-state index contributed by atoms with van der Waals surface area (Å²) in [5.74, 6) is 2.30. The van der Waals surface area contributed by atoms with Crippen molar-refractivity contribution in [3.8, 4) is 0 Å². The minimum Gasteiger partial charge on any atom is -0.381 e.